The summed E-state index contributed by atoms with van der Waals surface area (Å²) in [5, 5.41) is 3.95. The van der Waals surface area contributed by atoms with Crippen LogP contribution in [0.1, 0.15) is 45.1 Å². The van der Waals surface area contributed by atoms with Crippen LogP contribution in [0.2, 0.25) is 0 Å². The SMILES string of the molecule is CCCC(C)/C(C)=C/c1cc(C)on1. The van der Waals surface area contributed by atoms with Crippen molar-refractivity contribution < 1.29 is 4.52 Å². The van der Waals surface area contributed by atoms with Gasteiger partial charge in [0.2, 0.25) is 0 Å². The summed E-state index contributed by atoms with van der Waals surface area (Å²) in [6, 6.07) is 1.96. The number of allylic oxidation sites excluding steroid dienone is 1. The molecule has 0 bridgehead atoms. The molecule has 14 heavy (non-hydrogen) atoms. The molecule has 0 spiro atoms. The fourth-order valence-corrected chi connectivity index (χ4v) is 1.49. The van der Waals surface area contributed by atoms with Crippen molar-refractivity contribution in [2.75, 3.05) is 0 Å². The maximum absolute atomic E-state index is 5.01. The van der Waals surface area contributed by atoms with Crippen molar-refractivity contribution >= 4 is 6.08 Å². The van der Waals surface area contributed by atoms with Gasteiger partial charge in [0.25, 0.3) is 0 Å². The fraction of sp³-hybridized carbons (Fsp3) is 0.583. The summed E-state index contributed by atoms with van der Waals surface area (Å²) in [6.45, 7) is 8.53. The Hall–Kier alpha value is -1.05. The summed E-state index contributed by atoms with van der Waals surface area (Å²) in [7, 11) is 0. The second-order valence-corrected chi connectivity index (χ2v) is 3.94. The van der Waals surface area contributed by atoms with E-state index in [1.807, 2.05) is 13.0 Å². The van der Waals surface area contributed by atoms with Crippen LogP contribution < -0.4 is 0 Å². The lowest BCUT2D eigenvalue weighted by Crippen LogP contribution is -1.95. The van der Waals surface area contributed by atoms with Gasteiger partial charge < -0.3 is 4.52 Å². The maximum atomic E-state index is 5.01. The molecule has 0 aliphatic carbocycles. The van der Waals surface area contributed by atoms with Crippen LogP contribution in [-0.2, 0) is 0 Å². The van der Waals surface area contributed by atoms with Crippen LogP contribution in [0.3, 0.4) is 0 Å². The number of aromatic nitrogens is 1. The summed E-state index contributed by atoms with van der Waals surface area (Å²) >= 11 is 0. The van der Waals surface area contributed by atoms with Crippen LogP contribution >= 0.6 is 0 Å². The Morgan fingerprint density at radius 2 is 2.36 bits per heavy atom. The van der Waals surface area contributed by atoms with E-state index in [0.717, 1.165) is 11.5 Å². The van der Waals surface area contributed by atoms with Crippen molar-refractivity contribution in [3.63, 3.8) is 0 Å². The smallest absolute Gasteiger partial charge is 0.134 e. The number of rotatable bonds is 4. The first kappa shape index (κ1) is 11.0. The van der Waals surface area contributed by atoms with Gasteiger partial charge in [0.05, 0.1) is 0 Å². The van der Waals surface area contributed by atoms with Crippen LogP contribution in [0, 0.1) is 12.8 Å². The standard InChI is InChI=1S/C12H19NO/c1-5-6-9(2)10(3)7-12-8-11(4)14-13-12/h7-9H,5-6H2,1-4H3/b10-7+. The highest BCUT2D eigenvalue weighted by molar-refractivity contribution is 5.48. The van der Waals surface area contributed by atoms with E-state index >= 15 is 0 Å². The Morgan fingerprint density at radius 1 is 1.64 bits per heavy atom. The predicted molar refractivity (Wildman–Crippen MR) is 59.0 cm³/mol. The van der Waals surface area contributed by atoms with Gasteiger partial charge in [0.1, 0.15) is 11.5 Å². The van der Waals surface area contributed by atoms with Crippen molar-refractivity contribution in [1.82, 2.24) is 5.16 Å². The highest BCUT2D eigenvalue weighted by Crippen LogP contribution is 2.18. The Bertz CT molecular complexity index is 312. The molecule has 0 saturated carbocycles. The number of hydrogen-bond donors (Lipinski definition) is 0. The van der Waals surface area contributed by atoms with Gasteiger partial charge in [0.15, 0.2) is 0 Å². The number of nitrogens with zero attached hydrogens (tertiary/aromatic N) is 1. The van der Waals surface area contributed by atoms with E-state index in [1.54, 1.807) is 0 Å². The minimum atomic E-state index is 0.636. The highest BCUT2D eigenvalue weighted by atomic mass is 16.5. The molecule has 0 fully saturated rings. The van der Waals surface area contributed by atoms with Crippen LogP contribution in [0.5, 0.6) is 0 Å². The van der Waals surface area contributed by atoms with Crippen molar-refractivity contribution in [1.29, 1.82) is 0 Å². The van der Waals surface area contributed by atoms with Gasteiger partial charge in [-0.25, -0.2) is 0 Å². The first-order valence-corrected chi connectivity index (χ1v) is 5.25. The normalized spacial score (nSPS) is 14.4. The van der Waals surface area contributed by atoms with Crippen LogP contribution in [0.4, 0.5) is 0 Å². The lowest BCUT2D eigenvalue weighted by Gasteiger charge is -2.09. The number of hydrogen-bond acceptors (Lipinski definition) is 2. The zero-order valence-electron chi connectivity index (χ0n) is 9.50. The topological polar surface area (TPSA) is 26.0 Å². The van der Waals surface area contributed by atoms with E-state index in [-0.39, 0.29) is 0 Å². The Kier molecular flexibility index (Phi) is 3.93. The number of aryl methyl sites for hydroxylation is 1. The third kappa shape index (κ3) is 3.02. The second-order valence-electron chi connectivity index (χ2n) is 3.94. The lowest BCUT2D eigenvalue weighted by atomic mass is 9.97. The molecule has 2 nitrogen and oxygen atoms in total. The zero-order chi connectivity index (χ0) is 10.6. The van der Waals surface area contributed by atoms with Crippen molar-refractivity contribution in [2.45, 2.75) is 40.5 Å². The first-order chi connectivity index (χ1) is 6.63. The lowest BCUT2D eigenvalue weighted by molar-refractivity contribution is 0.396. The minimum absolute atomic E-state index is 0.636. The Labute approximate surface area is 86.0 Å². The molecule has 1 unspecified atom stereocenters. The molecule has 1 atom stereocenters. The van der Waals surface area contributed by atoms with Crippen molar-refractivity contribution in [3.05, 3.63) is 23.1 Å². The van der Waals surface area contributed by atoms with Gasteiger partial charge in [-0.1, -0.05) is 31.0 Å². The molecule has 78 valence electrons. The maximum Gasteiger partial charge on any atom is 0.134 e. The van der Waals surface area contributed by atoms with Gasteiger partial charge in [-0.05, 0) is 32.3 Å². The van der Waals surface area contributed by atoms with Crippen molar-refractivity contribution in [3.8, 4) is 0 Å². The summed E-state index contributed by atoms with van der Waals surface area (Å²) in [5.41, 5.74) is 2.31. The van der Waals surface area contributed by atoms with Gasteiger partial charge >= 0.3 is 0 Å². The van der Waals surface area contributed by atoms with Crippen LogP contribution in [0.15, 0.2) is 16.2 Å². The van der Waals surface area contributed by atoms with Crippen LogP contribution in [-0.4, -0.2) is 5.16 Å². The van der Waals surface area contributed by atoms with Gasteiger partial charge in [-0.15, -0.1) is 0 Å². The van der Waals surface area contributed by atoms with E-state index in [4.69, 9.17) is 4.52 Å². The van der Waals surface area contributed by atoms with Crippen LogP contribution in [0.25, 0.3) is 6.08 Å². The van der Waals surface area contributed by atoms with E-state index in [9.17, 15) is 0 Å². The van der Waals surface area contributed by atoms with Gasteiger partial charge in [0, 0.05) is 6.07 Å². The highest BCUT2D eigenvalue weighted by Gasteiger charge is 2.04. The molecule has 1 heterocycles. The molecular formula is C12H19NO. The summed E-state index contributed by atoms with van der Waals surface area (Å²) in [5.74, 6) is 1.50. The van der Waals surface area contributed by atoms with Crippen molar-refractivity contribution in [2.24, 2.45) is 5.92 Å². The van der Waals surface area contributed by atoms with E-state index < -0.39 is 0 Å². The predicted octanol–water partition coefficient (Wildman–Crippen LogP) is 3.82. The average Bonchev–Trinajstić information content (AvgIpc) is 2.51. The molecule has 0 aliphatic heterocycles. The minimum Gasteiger partial charge on any atom is -0.361 e. The largest absolute Gasteiger partial charge is 0.361 e. The molecule has 0 amide bonds. The molecule has 0 radical (unpaired) electrons. The van der Waals surface area contributed by atoms with Gasteiger partial charge in [-0.2, -0.15) is 0 Å². The molecule has 0 N–H and O–H groups in total. The average molecular weight is 193 g/mol. The molecular weight excluding hydrogens is 174 g/mol. The molecule has 2 heteroatoms. The van der Waals surface area contributed by atoms with Gasteiger partial charge in [-0.3, -0.25) is 0 Å². The summed E-state index contributed by atoms with van der Waals surface area (Å²) in [4.78, 5) is 0. The molecule has 0 saturated heterocycles. The quantitative estimate of drug-likeness (QED) is 0.726. The van der Waals surface area contributed by atoms with E-state index in [2.05, 4.69) is 32.0 Å². The third-order valence-corrected chi connectivity index (χ3v) is 2.52. The molecule has 1 aromatic rings. The molecule has 1 rings (SSSR count). The Morgan fingerprint density at radius 3 is 2.86 bits per heavy atom. The third-order valence-electron chi connectivity index (χ3n) is 2.52. The first-order valence-electron chi connectivity index (χ1n) is 5.25. The second kappa shape index (κ2) is 4.99. The van der Waals surface area contributed by atoms with E-state index in [0.29, 0.717) is 5.92 Å². The molecule has 0 aromatic carbocycles. The fourth-order valence-electron chi connectivity index (χ4n) is 1.49. The summed E-state index contributed by atoms with van der Waals surface area (Å²) < 4.78 is 5.01. The zero-order valence-corrected chi connectivity index (χ0v) is 9.50. The summed E-state index contributed by atoms with van der Waals surface area (Å²) in [6.07, 6.45) is 4.57. The Balaban J connectivity index is 2.67. The van der Waals surface area contributed by atoms with E-state index in [1.165, 1.54) is 18.4 Å². The molecule has 0 aliphatic rings. The molecule has 1 aromatic heterocycles. The monoisotopic (exact) mass is 193 g/mol.